The Morgan fingerprint density at radius 2 is 1.30 bits per heavy atom. The Kier molecular flexibility index (Phi) is 11.6. The summed E-state index contributed by atoms with van der Waals surface area (Å²) < 4.78 is 159. The number of hydrogen-bond acceptors (Lipinski definition) is 7. The Labute approximate surface area is 248 Å². The first-order valence-electron chi connectivity index (χ1n) is 13.3. The van der Waals surface area contributed by atoms with Gasteiger partial charge in [0.2, 0.25) is 5.91 Å². The summed E-state index contributed by atoms with van der Waals surface area (Å²) in [4.78, 5) is 26.0. The summed E-state index contributed by atoms with van der Waals surface area (Å²) in [6.45, 7) is 6.60. The van der Waals surface area contributed by atoms with Gasteiger partial charge in [-0.15, -0.1) is 0 Å². The van der Waals surface area contributed by atoms with Crippen LogP contribution >= 0.6 is 0 Å². The minimum absolute atomic E-state index is 0.0384. The number of nitrogens with one attached hydrogen (secondary N) is 1. The Morgan fingerprint density at radius 3 is 1.68 bits per heavy atom. The predicted octanol–water partition coefficient (Wildman–Crippen LogP) is 4.71. The molecule has 1 amide bonds. The topological polar surface area (TPSA) is 150 Å². The van der Waals surface area contributed by atoms with Crippen LogP contribution in [0, 0.1) is 23.2 Å². The summed E-state index contributed by atoms with van der Waals surface area (Å²) >= 11 is 0. The molecule has 9 nitrogen and oxygen atoms in total. The number of halogens is 9. The molecule has 0 saturated heterocycles. The van der Waals surface area contributed by atoms with Gasteiger partial charge in [0.15, 0.2) is 5.60 Å². The molecule has 0 aromatic rings. The molecule has 5 atom stereocenters. The smallest absolute Gasteiger partial charge is 0.426 e. The Balaban J connectivity index is 3.36. The van der Waals surface area contributed by atoms with Crippen LogP contribution in [-0.4, -0.2) is 82.2 Å². The van der Waals surface area contributed by atoms with Gasteiger partial charge in [0.05, 0.1) is 16.7 Å². The second-order valence-corrected chi connectivity index (χ2v) is 14.3. The van der Waals surface area contributed by atoms with Crippen LogP contribution in [0.3, 0.4) is 0 Å². The molecule has 0 spiro atoms. The van der Waals surface area contributed by atoms with E-state index in [2.05, 4.69) is 5.32 Å². The van der Waals surface area contributed by atoms with Crippen LogP contribution in [0.5, 0.6) is 0 Å². The molecule has 5 unspecified atom stereocenters. The molecule has 0 aromatic carbocycles. The van der Waals surface area contributed by atoms with Crippen molar-refractivity contribution in [2.45, 2.75) is 115 Å². The third kappa shape index (κ3) is 9.34. The fourth-order valence-electron chi connectivity index (χ4n) is 5.38. The summed E-state index contributed by atoms with van der Waals surface area (Å²) in [5.74, 6) is -9.37. The van der Waals surface area contributed by atoms with Crippen molar-refractivity contribution in [3.63, 3.8) is 0 Å². The predicted molar refractivity (Wildman–Crippen MR) is 135 cm³/mol. The molecule has 1 rings (SSSR count). The maximum atomic E-state index is 13.6. The molecule has 0 radical (unpaired) electrons. The summed E-state index contributed by atoms with van der Waals surface area (Å²) in [6.07, 6.45) is -24.6. The highest BCUT2D eigenvalue weighted by Gasteiger charge is 2.75. The van der Waals surface area contributed by atoms with Gasteiger partial charge in [-0.05, 0) is 66.7 Å². The van der Waals surface area contributed by atoms with Gasteiger partial charge in [0, 0.05) is 17.8 Å². The quantitative estimate of drug-likeness (QED) is 0.139. The lowest BCUT2D eigenvalue weighted by atomic mass is 9.66. The van der Waals surface area contributed by atoms with Gasteiger partial charge in [-0.2, -0.15) is 47.9 Å². The van der Waals surface area contributed by atoms with E-state index in [4.69, 9.17) is 9.29 Å². The average Bonchev–Trinajstić information content (AvgIpc) is 2.77. The van der Waals surface area contributed by atoms with Crippen molar-refractivity contribution in [2.24, 2.45) is 23.2 Å². The molecule has 4 N–H and O–H groups in total. The van der Waals surface area contributed by atoms with E-state index >= 15 is 0 Å². The number of amides is 1. The summed E-state index contributed by atoms with van der Waals surface area (Å²) in [5, 5.41) is 22.5. The molecule has 0 heterocycles. The largest absolute Gasteiger partial charge is 0.462 e. The molecule has 260 valence electrons. The van der Waals surface area contributed by atoms with Crippen LogP contribution in [0.2, 0.25) is 0 Å². The van der Waals surface area contributed by atoms with E-state index < -0.39 is 112 Å². The Bertz CT molecular complexity index is 1130. The van der Waals surface area contributed by atoms with Crippen LogP contribution in [-0.2, 0) is 24.4 Å². The lowest BCUT2D eigenvalue weighted by Crippen LogP contribution is -2.64. The molecule has 1 aliphatic rings. The number of carbonyl (C=O) groups is 2. The third-order valence-corrected chi connectivity index (χ3v) is 9.03. The van der Waals surface area contributed by atoms with E-state index in [0.29, 0.717) is 0 Å². The van der Waals surface area contributed by atoms with Gasteiger partial charge in [-0.1, -0.05) is 6.92 Å². The maximum absolute atomic E-state index is 13.6. The first-order chi connectivity index (χ1) is 19.2. The van der Waals surface area contributed by atoms with Gasteiger partial charge in [-0.25, -0.2) is 0 Å². The maximum Gasteiger partial charge on any atom is 0.426 e. The fourth-order valence-corrected chi connectivity index (χ4v) is 6.36. The van der Waals surface area contributed by atoms with Crippen molar-refractivity contribution >= 4 is 22.0 Å². The van der Waals surface area contributed by atoms with Gasteiger partial charge in [-0.3, -0.25) is 14.1 Å². The van der Waals surface area contributed by atoms with Crippen LogP contribution in [0.25, 0.3) is 0 Å². The molecule has 0 bridgehead atoms. The van der Waals surface area contributed by atoms with E-state index in [0.717, 1.165) is 0 Å². The van der Waals surface area contributed by atoms with Gasteiger partial charge >= 0.3 is 24.5 Å². The second-order valence-electron chi connectivity index (χ2n) is 12.8. The standard InChI is InChI=1S/C25H38F9NO8S/c1-7-13(17(36)35-20(4,5)12-44(40,41)42)11-19(2,3)18(37)43-16-9-14(21(6,38)23(26,27)28)8-15(10-16)22(39,24(29,30)31)25(32,33)34/h13-16,38-39H,7-12H2,1-6H3,(H,35,36)(H,40,41,42). The minimum Gasteiger partial charge on any atom is -0.462 e. The van der Waals surface area contributed by atoms with E-state index in [1.165, 1.54) is 34.6 Å². The van der Waals surface area contributed by atoms with Crippen LogP contribution in [0.15, 0.2) is 0 Å². The van der Waals surface area contributed by atoms with E-state index in [1.807, 2.05) is 0 Å². The van der Waals surface area contributed by atoms with E-state index in [9.17, 15) is 67.7 Å². The average molecular weight is 684 g/mol. The monoisotopic (exact) mass is 683 g/mol. The molecule has 1 fully saturated rings. The first kappa shape index (κ1) is 40.2. The SMILES string of the molecule is CCC(CC(C)(C)C(=O)OC1CC(C(C)(O)C(F)(F)F)CC(C(O)(C(F)(F)F)C(F)(F)F)C1)C(=O)NC(C)(C)CS(=O)(=O)O. The molecule has 19 heteroatoms. The summed E-state index contributed by atoms with van der Waals surface area (Å²) in [6, 6.07) is 0. The van der Waals surface area contributed by atoms with Gasteiger partial charge in [0.25, 0.3) is 15.7 Å². The van der Waals surface area contributed by atoms with Crippen LogP contribution in [0.4, 0.5) is 39.5 Å². The molecule has 1 aliphatic carbocycles. The lowest BCUT2D eigenvalue weighted by molar-refractivity contribution is -0.391. The second kappa shape index (κ2) is 12.7. The normalized spacial score (nSPS) is 23.5. The molecule has 0 aromatic heterocycles. The zero-order valence-corrected chi connectivity index (χ0v) is 25.6. The highest BCUT2D eigenvalue weighted by Crippen LogP contribution is 2.55. The number of aliphatic hydroxyl groups is 2. The zero-order chi connectivity index (χ0) is 35.1. The number of carbonyl (C=O) groups excluding carboxylic acids is 2. The third-order valence-electron chi connectivity index (χ3n) is 7.94. The van der Waals surface area contributed by atoms with Crippen LogP contribution < -0.4 is 5.32 Å². The highest BCUT2D eigenvalue weighted by molar-refractivity contribution is 7.85. The number of alkyl halides is 9. The van der Waals surface area contributed by atoms with E-state index in [-0.39, 0.29) is 19.8 Å². The molecule has 44 heavy (non-hydrogen) atoms. The highest BCUT2D eigenvalue weighted by atomic mass is 32.2. The molecule has 0 aliphatic heterocycles. The van der Waals surface area contributed by atoms with Crippen molar-refractivity contribution in [3.8, 4) is 0 Å². The summed E-state index contributed by atoms with van der Waals surface area (Å²) in [7, 11) is -4.52. The van der Waals surface area contributed by atoms with Crippen molar-refractivity contribution in [1.82, 2.24) is 5.32 Å². The molecule has 1 saturated carbocycles. The van der Waals surface area contributed by atoms with Crippen LogP contribution in [0.1, 0.15) is 73.6 Å². The number of ether oxygens (including phenoxy) is 1. The zero-order valence-electron chi connectivity index (χ0n) is 24.7. The van der Waals surface area contributed by atoms with Crippen molar-refractivity contribution in [1.29, 1.82) is 0 Å². The fraction of sp³-hybridized carbons (Fsp3) is 0.920. The first-order valence-corrected chi connectivity index (χ1v) is 15.0. The minimum atomic E-state index is -6.40. The lowest BCUT2D eigenvalue weighted by Gasteiger charge is -2.47. The Hall–Kier alpha value is -1.86. The van der Waals surface area contributed by atoms with Gasteiger partial charge < -0.3 is 20.3 Å². The Morgan fingerprint density at radius 1 is 0.841 bits per heavy atom. The number of rotatable bonds is 11. The van der Waals surface area contributed by atoms with E-state index in [1.54, 1.807) is 0 Å². The van der Waals surface area contributed by atoms with Crippen molar-refractivity contribution in [3.05, 3.63) is 0 Å². The van der Waals surface area contributed by atoms with Gasteiger partial charge in [0.1, 0.15) is 6.10 Å². The molecular formula is C25H38F9NO8S. The van der Waals surface area contributed by atoms with Crippen molar-refractivity contribution < 1.29 is 77.0 Å². The summed E-state index contributed by atoms with van der Waals surface area (Å²) in [5.41, 5.74) is -12.5. The molecular weight excluding hydrogens is 645 g/mol. The number of hydrogen-bond donors (Lipinski definition) is 4. The number of esters is 1. The van der Waals surface area contributed by atoms with Crippen molar-refractivity contribution in [2.75, 3.05) is 5.75 Å².